The molecule has 1 aromatic carbocycles. The van der Waals surface area contributed by atoms with Crippen LogP contribution in [0.25, 0.3) is 0 Å². The Hall–Kier alpha value is -1.62. The van der Waals surface area contributed by atoms with E-state index in [1.54, 1.807) is 12.4 Å². The van der Waals surface area contributed by atoms with Crippen LogP contribution >= 0.6 is 15.9 Å². The summed E-state index contributed by atoms with van der Waals surface area (Å²) < 4.78 is 7.87. The molecule has 0 atom stereocenters. The van der Waals surface area contributed by atoms with Gasteiger partial charge < -0.3 is 4.74 Å². The van der Waals surface area contributed by atoms with E-state index in [1.807, 2.05) is 24.3 Å². The van der Waals surface area contributed by atoms with E-state index >= 15 is 0 Å². The van der Waals surface area contributed by atoms with E-state index < -0.39 is 0 Å². The molecule has 0 saturated heterocycles. The van der Waals surface area contributed by atoms with Crippen LogP contribution in [0.15, 0.2) is 47.5 Å². The molecule has 0 aliphatic carbocycles. The molecule has 0 fully saturated rings. The quantitative estimate of drug-likeness (QED) is 0.871. The molecule has 2 rings (SSSR count). The van der Waals surface area contributed by atoms with Gasteiger partial charge >= 0.3 is 0 Å². The first-order chi connectivity index (χ1) is 8.25. The maximum atomic E-state index is 11.6. The smallest absolute Gasteiger partial charge is 0.235 e. The average Bonchev–Trinajstić information content (AvgIpc) is 2.82. The zero-order valence-electron chi connectivity index (χ0n) is 9.04. The third-order valence-corrected chi connectivity index (χ3v) is 2.67. The van der Waals surface area contributed by atoms with Crippen molar-refractivity contribution in [3.8, 4) is 5.75 Å². The van der Waals surface area contributed by atoms with Crippen LogP contribution in [0.1, 0.15) is 11.2 Å². The van der Waals surface area contributed by atoms with E-state index in [4.69, 9.17) is 4.74 Å². The molecule has 5 heteroatoms. The lowest BCUT2D eigenvalue weighted by atomic mass is 10.3. The average molecular weight is 295 g/mol. The van der Waals surface area contributed by atoms with Crippen LogP contribution in [0.4, 0.5) is 0 Å². The highest BCUT2D eigenvalue weighted by Gasteiger charge is 2.04. The Morgan fingerprint density at radius 2 is 2.35 bits per heavy atom. The molecule has 4 nitrogen and oxygen atoms in total. The molecule has 0 saturated carbocycles. The van der Waals surface area contributed by atoms with Gasteiger partial charge in [-0.05, 0) is 18.2 Å². The highest BCUT2D eigenvalue weighted by molar-refractivity contribution is 9.10. The number of halogens is 1. The minimum absolute atomic E-state index is 0.0301. The highest BCUT2D eigenvalue weighted by atomic mass is 79.9. The van der Waals surface area contributed by atoms with E-state index in [2.05, 4.69) is 20.9 Å². The summed E-state index contributed by atoms with van der Waals surface area (Å²) in [5, 5.41) is 0. The van der Waals surface area contributed by atoms with Gasteiger partial charge in [-0.25, -0.2) is 4.98 Å². The molecule has 0 radical (unpaired) electrons. The molecule has 0 N–H and O–H groups in total. The van der Waals surface area contributed by atoms with Gasteiger partial charge in [0.05, 0.1) is 13.0 Å². The molecule has 1 aromatic heterocycles. The SMILES string of the molecule is O=C(CCOc1cccc(Br)c1)n1ccnc1. The monoisotopic (exact) mass is 294 g/mol. The standard InChI is InChI=1S/C12H11BrN2O2/c13-10-2-1-3-11(8-10)17-7-4-12(16)15-6-5-14-9-15/h1-3,5-6,8-9H,4,7H2. The van der Waals surface area contributed by atoms with Gasteiger partial charge in [0.2, 0.25) is 5.91 Å². The van der Waals surface area contributed by atoms with Gasteiger partial charge in [-0.15, -0.1) is 0 Å². The number of ether oxygens (including phenoxy) is 1. The molecule has 0 amide bonds. The number of rotatable bonds is 4. The second kappa shape index (κ2) is 5.63. The number of hydrogen-bond acceptors (Lipinski definition) is 3. The lowest BCUT2D eigenvalue weighted by Crippen LogP contribution is -2.12. The van der Waals surface area contributed by atoms with E-state index in [0.29, 0.717) is 13.0 Å². The zero-order chi connectivity index (χ0) is 12.1. The summed E-state index contributed by atoms with van der Waals surface area (Å²) in [5.74, 6) is 0.718. The minimum Gasteiger partial charge on any atom is -0.493 e. The molecule has 1 heterocycles. The molecular weight excluding hydrogens is 284 g/mol. The fraction of sp³-hybridized carbons (Fsp3) is 0.167. The number of nitrogens with zero attached hydrogens (tertiary/aromatic N) is 2. The summed E-state index contributed by atoms with van der Waals surface area (Å²) in [7, 11) is 0. The first-order valence-corrected chi connectivity index (χ1v) is 5.94. The summed E-state index contributed by atoms with van der Waals surface area (Å²) >= 11 is 3.36. The Kier molecular flexibility index (Phi) is 3.93. The van der Waals surface area contributed by atoms with E-state index in [9.17, 15) is 4.79 Å². The third kappa shape index (κ3) is 3.42. The van der Waals surface area contributed by atoms with Gasteiger partial charge in [0, 0.05) is 16.9 Å². The molecule has 0 aliphatic heterocycles. The number of benzene rings is 1. The lowest BCUT2D eigenvalue weighted by molar-refractivity contribution is 0.0881. The summed E-state index contributed by atoms with van der Waals surface area (Å²) in [5.41, 5.74) is 0. The second-order valence-electron chi connectivity index (χ2n) is 3.42. The number of aromatic nitrogens is 2. The molecule has 2 aromatic rings. The molecule has 0 spiro atoms. The fourth-order valence-corrected chi connectivity index (χ4v) is 1.73. The van der Waals surface area contributed by atoms with E-state index in [1.165, 1.54) is 10.9 Å². The van der Waals surface area contributed by atoms with Crippen LogP contribution in [0.2, 0.25) is 0 Å². The predicted octanol–water partition coefficient (Wildman–Crippen LogP) is 2.75. The normalized spacial score (nSPS) is 10.2. The number of carbonyl (C=O) groups is 1. The van der Waals surface area contributed by atoms with Gasteiger partial charge in [0.15, 0.2) is 0 Å². The number of carbonyl (C=O) groups excluding carboxylic acids is 1. The van der Waals surface area contributed by atoms with E-state index in [0.717, 1.165) is 10.2 Å². The maximum Gasteiger partial charge on any atom is 0.235 e. The zero-order valence-corrected chi connectivity index (χ0v) is 10.6. The van der Waals surface area contributed by atoms with E-state index in [-0.39, 0.29) is 5.91 Å². The Morgan fingerprint density at radius 1 is 1.47 bits per heavy atom. The Morgan fingerprint density at radius 3 is 3.06 bits per heavy atom. The van der Waals surface area contributed by atoms with Gasteiger partial charge in [-0.1, -0.05) is 22.0 Å². The Balaban J connectivity index is 1.82. The molecular formula is C12H11BrN2O2. The van der Waals surface area contributed by atoms with Gasteiger partial charge in [0.1, 0.15) is 12.1 Å². The van der Waals surface area contributed by atoms with Crippen molar-refractivity contribution in [2.45, 2.75) is 6.42 Å². The van der Waals surface area contributed by atoms with Crippen LogP contribution in [0.5, 0.6) is 5.75 Å². The van der Waals surface area contributed by atoms with Crippen molar-refractivity contribution < 1.29 is 9.53 Å². The summed E-state index contributed by atoms with van der Waals surface area (Å²) in [6.45, 7) is 0.355. The first-order valence-electron chi connectivity index (χ1n) is 5.15. The van der Waals surface area contributed by atoms with Gasteiger partial charge in [-0.3, -0.25) is 9.36 Å². The predicted molar refractivity (Wildman–Crippen MR) is 67.1 cm³/mol. The van der Waals surface area contributed by atoms with Crippen LogP contribution < -0.4 is 4.74 Å². The summed E-state index contributed by atoms with van der Waals surface area (Å²) in [6, 6.07) is 7.52. The fourth-order valence-electron chi connectivity index (χ4n) is 1.35. The first kappa shape index (κ1) is 11.9. The number of hydrogen-bond donors (Lipinski definition) is 0. The topological polar surface area (TPSA) is 44.1 Å². The minimum atomic E-state index is -0.0301. The Labute approximate surface area is 107 Å². The van der Waals surface area contributed by atoms with Crippen molar-refractivity contribution in [2.24, 2.45) is 0 Å². The molecule has 17 heavy (non-hydrogen) atoms. The van der Waals surface area contributed by atoms with Crippen molar-refractivity contribution >= 4 is 21.8 Å². The van der Waals surface area contributed by atoms with Crippen molar-refractivity contribution in [3.05, 3.63) is 47.5 Å². The van der Waals surface area contributed by atoms with Crippen molar-refractivity contribution in [3.63, 3.8) is 0 Å². The van der Waals surface area contributed by atoms with Gasteiger partial charge in [-0.2, -0.15) is 0 Å². The van der Waals surface area contributed by atoms with Gasteiger partial charge in [0.25, 0.3) is 0 Å². The van der Waals surface area contributed by atoms with Crippen molar-refractivity contribution in [1.82, 2.24) is 9.55 Å². The molecule has 0 aliphatic rings. The molecule has 0 unspecified atom stereocenters. The molecule has 88 valence electrons. The summed E-state index contributed by atoms with van der Waals surface area (Å²) in [6.07, 6.45) is 5.01. The largest absolute Gasteiger partial charge is 0.493 e. The van der Waals surface area contributed by atoms with Crippen molar-refractivity contribution in [1.29, 1.82) is 0 Å². The molecule has 0 bridgehead atoms. The maximum absolute atomic E-state index is 11.6. The highest BCUT2D eigenvalue weighted by Crippen LogP contribution is 2.17. The summed E-state index contributed by atoms with van der Waals surface area (Å²) in [4.78, 5) is 15.4. The Bertz CT molecular complexity index is 497. The van der Waals surface area contributed by atoms with Crippen LogP contribution in [0, 0.1) is 0 Å². The van der Waals surface area contributed by atoms with Crippen LogP contribution in [-0.4, -0.2) is 22.1 Å². The van der Waals surface area contributed by atoms with Crippen LogP contribution in [0.3, 0.4) is 0 Å². The number of imidazole rings is 1. The second-order valence-corrected chi connectivity index (χ2v) is 4.34. The lowest BCUT2D eigenvalue weighted by Gasteiger charge is -2.06. The van der Waals surface area contributed by atoms with Crippen molar-refractivity contribution in [2.75, 3.05) is 6.61 Å². The van der Waals surface area contributed by atoms with Crippen LogP contribution in [-0.2, 0) is 0 Å². The third-order valence-electron chi connectivity index (χ3n) is 2.17.